The van der Waals surface area contributed by atoms with Gasteiger partial charge >= 0.3 is 0 Å². The van der Waals surface area contributed by atoms with Crippen LogP contribution in [0.25, 0.3) is 0 Å². The van der Waals surface area contributed by atoms with E-state index in [1.807, 2.05) is 0 Å². The van der Waals surface area contributed by atoms with Crippen LogP contribution in [0.3, 0.4) is 0 Å². The molecule has 0 aromatic rings. The van der Waals surface area contributed by atoms with E-state index in [0.717, 1.165) is 12.3 Å². The summed E-state index contributed by atoms with van der Waals surface area (Å²) in [6.07, 6.45) is 3.52. The number of aliphatic hydroxyl groups is 1. The lowest BCUT2D eigenvalue weighted by Crippen LogP contribution is -2.53. The standard InChI is InChI=1S/C16H35NO/c1-8-14(11-18)17-16(6,7)15(13(4)5)10-9-12(2)3/h12-15,17-18H,8-11H2,1-7H3. The summed E-state index contributed by atoms with van der Waals surface area (Å²) in [5.74, 6) is 2.09. The molecule has 0 radical (unpaired) electrons. The zero-order valence-corrected chi connectivity index (χ0v) is 13.6. The lowest BCUT2D eigenvalue weighted by Gasteiger charge is -2.41. The molecule has 0 aromatic heterocycles. The second kappa shape index (κ2) is 8.16. The van der Waals surface area contributed by atoms with Gasteiger partial charge in [-0.3, -0.25) is 0 Å². The van der Waals surface area contributed by atoms with Crippen LogP contribution in [0.1, 0.15) is 67.7 Å². The van der Waals surface area contributed by atoms with Gasteiger partial charge in [0.05, 0.1) is 6.61 Å². The Hall–Kier alpha value is -0.0800. The van der Waals surface area contributed by atoms with Gasteiger partial charge < -0.3 is 10.4 Å². The molecule has 2 unspecified atom stereocenters. The third-order valence-electron chi connectivity index (χ3n) is 4.08. The molecule has 0 fully saturated rings. The fourth-order valence-electron chi connectivity index (χ4n) is 2.95. The Labute approximate surface area is 115 Å². The van der Waals surface area contributed by atoms with Crippen LogP contribution in [-0.2, 0) is 0 Å². The Morgan fingerprint density at radius 3 is 1.94 bits per heavy atom. The maximum Gasteiger partial charge on any atom is 0.0584 e. The monoisotopic (exact) mass is 257 g/mol. The van der Waals surface area contributed by atoms with E-state index in [0.29, 0.717) is 11.8 Å². The molecule has 0 bridgehead atoms. The molecule has 0 amide bonds. The summed E-state index contributed by atoms with van der Waals surface area (Å²) in [5, 5.41) is 13.0. The summed E-state index contributed by atoms with van der Waals surface area (Å²) in [5.41, 5.74) is 0.0897. The number of rotatable bonds is 9. The van der Waals surface area contributed by atoms with E-state index in [2.05, 4.69) is 53.8 Å². The summed E-state index contributed by atoms with van der Waals surface area (Å²) in [7, 11) is 0. The van der Waals surface area contributed by atoms with E-state index in [-0.39, 0.29) is 18.2 Å². The van der Waals surface area contributed by atoms with Gasteiger partial charge in [0.1, 0.15) is 0 Å². The first-order valence-corrected chi connectivity index (χ1v) is 7.63. The topological polar surface area (TPSA) is 32.3 Å². The van der Waals surface area contributed by atoms with E-state index in [9.17, 15) is 5.11 Å². The smallest absolute Gasteiger partial charge is 0.0584 e. The molecule has 18 heavy (non-hydrogen) atoms. The largest absolute Gasteiger partial charge is 0.395 e. The van der Waals surface area contributed by atoms with Crippen molar-refractivity contribution < 1.29 is 5.11 Å². The predicted molar refractivity (Wildman–Crippen MR) is 80.8 cm³/mol. The summed E-state index contributed by atoms with van der Waals surface area (Å²) < 4.78 is 0. The molecule has 0 aliphatic carbocycles. The van der Waals surface area contributed by atoms with Gasteiger partial charge in [-0.1, -0.05) is 41.0 Å². The van der Waals surface area contributed by atoms with Gasteiger partial charge in [0.2, 0.25) is 0 Å². The van der Waals surface area contributed by atoms with Gasteiger partial charge in [-0.2, -0.15) is 0 Å². The third-order valence-corrected chi connectivity index (χ3v) is 4.08. The molecule has 0 aromatic carbocycles. The minimum atomic E-state index is 0.0897. The van der Waals surface area contributed by atoms with Gasteiger partial charge in [0.25, 0.3) is 0 Å². The Kier molecular flexibility index (Phi) is 8.13. The van der Waals surface area contributed by atoms with Crippen molar-refractivity contribution in [2.45, 2.75) is 79.3 Å². The minimum absolute atomic E-state index is 0.0897. The van der Waals surface area contributed by atoms with Crippen molar-refractivity contribution in [2.75, 3.05) is 6.61 Å². The Morgan fingerprint density at radius 2 is 1.61 bits per heavy atom. The van der Waals surface area contributed by atoms with Crippen molar-refractivity contribution in [1.82, 2.24) is 5.32 Å². The molecule has 2 nitrogen and oxygen atoms in total. The van der Waals surface area contributed by atoms with Crippen molar-refractivity contribution >= 4 is 0 Å². The summed E-state index contributed by atoms with van der Waals surface area (Å²) >= 11 is 0. The number of aliphatic hydroxyl groups excluding tert-OH is 1. The van der Waals surface area contributed by atoms with Gasteiger partial charge in [-0.05, 0) is 44.4 Å². The highest BCUT2D eigenvalue weighted by atomic mass is 16.3. The molecule has 2 atom stereocenters. The summed E-state index contributed by atoms with van der Waals surface area (Å²) in [6, 6.07) is 0.222. The second-order valence-electron chi connectivity index (χ2n) is 6.98. The van der Waals surface area contributed by atoms with Crippen LogP contribution in [0.15, 0.2) is 0 Å². The Bertz CT molecular complexity index is 207. The highest BCUT2D eigenvalue weighted by Crippen LogP contribution is 2.31. The highest BCUT2D eigenvalue weighted by molar-refractivity contribution is 4.90. The van der Waals surface area contributed by atoms with E-state index in [4.69, 9.17) is 0 Å². The van der Waals surface area contributed by atoms with Gasteiger partial charge in [0, 0.05) is 11.6 Å². The quantitative estimate of drug-likeness (QED) is 0.658. The normalized spacial score (nSPS) is 16.3. The molecule has 0 aliphatic rings. The van der Waals surface area contributed by atoms with Crippen molar-refractivity contribution in [3.05, 3.63) is 0 Å². The van der Waals surface area contributed by atoms with Gasteiger partial charge in [0.15, 0.2) is 0 Å². The molecule has 0 saturated carbocycles. The molecule has 0 rings (SSSR count). The maximum absolute atomic E-state index is 9.37. The zero-order chi connectivity index (χ0) is 14.3. The van der Waals surface area contributed by atoms with Crippen LogP contribution in [0.5, 0.6) is 0 Å². The molecule has 110 valence electrons. The second-order valence-corrected chi connectivity index (χ2v) is 6.98. The van der Waals surface area contributed by atoms with Gasteiger partial charge in [-0.25, -0.2) is 0 Å². The molecular weight excluding hydrogens is 222 g/mol. The van der Waals surface area contributed by atoms with E-state index >= 15 is 0 Å². The van der Waals surface area contributed by atoms with E-state index in [1.54, 1.807) is 0 Å². The first-order valence-electron chi connectivity index (χ1n) is 7.63. The first-order chi connectivity index (χ1) is 8.24. The number of hydrogen-bond acceptors (Lipinski definition) is 2. The van der Waals surface area contributed by atoms with Crippen molar-refractivity contribution in [3.8, 4) is 0 Å². The Morgan fingerprint density at radius 1 is 1.06 bits per heavy atom. The molecule has 0 aliphatic heterocycles. The maximum atomic E-state index is 9.37. The predicted octanol–water partition coefficient (Wildman–Crippen LogP) is 3.83. The number of hydrogen-bond donors (Lipinski definition) is 2. The van der Waals surface area contributed by atoms with Crippen LogP contribution in [0.4, 0.5) is 0 Å². The minimum Gasteiger partial charge on any atom is -0.395 e. The first kappa shape index (κ1) is 17.9. The zero-order valence-electron chi connectivity index (χ0n) is 13.6. The van der Waals surface area contributed by atoms with E-state index < -0.39 is 0 Å². The summed E-state index contributed by atoms with van der Waals surface area (Å²) in [4.78, 5) is 0. The average molecular weight is 257 g/mol. The van der Waals surface area contributed by atoms with Gasteiger partial charge in [-0.15, -0.1) is 0 Å². The Balaban J connectivity index is 4.64. The van der Waals surface area contributed by atoms with Crippen LogP contribution >= 0.6 is 0 Å². The molecule has 0 spiro atoms. The molecule has 2 N–H and O–H groups in total. The van der Waals surface area contributed by atoms with Crippen molar-refractivity contribution in [1.29, 1.82) is 0 Å². The molecule has 2 heteroatoms. The molecular formula is C16H35NO. The average Bonchev–Trinajstić information content (AvgIpc) is 2.24. The fourth-order valence-corrected chi connectivity index (χ4v) is 2.95. The lowest BCUT2D eigenvalue weighted by molar-refractivity contribution is 0.132. The van der Waals surface area contributed by atoms with Crippen LogP contribution in [0.2, 0.25) is 0 Å². The summed E-state index contributed by atoms with van der Waals surface area (Å²) in [6.45, 7) is 16.1. The number of nitrogens with one attached hydrogen (secondary N) is 1. The third kappa shape index (κ3) is 6.19. The fraction of sp³-hybridized carbons (Fsp3) is 1.00. The van der Waals surface area contributed by atoms with Crippen LogP contribution in [0, 0.1) is 17.8 Å². The van der Waals surface area contributed by atoms with Crippen LogP contribution < -0.4 is 5.32 Å². The molecule has 0 heterocycles. The molecule has 0 saturated heterocycles. The van der Waals surface area contributed by atoms with Crippen molar-refractivity contribution in [3.63, 3.8) is 0 Å². The van der Waals surface area contributed by atoms with Crippen molar-refractivity contribution in [2.24, 2.45) is 17.8 Å². The van der Waals surface area contributed by atoms with Crippen LogP contribution in [-0.4, -0.2) is 23.3 Å². The highest BCUT2D eigenvalue weighted by Gasteiger charge is 2.32. The lowest BCUT2D eigenvalue weighted by atomic mass is 9.75. The van der Waals surface area contributed by atoms with E-state index in [1.165, 1.54) is 12.8 Å². The SMILES string of the molecule is CCC(CO)NC(C)(C)C(CCC(C)C)C(C)C.